The Labute approximate surface area is 83.1 Å². The maximum Gasteiger partial charge on any atom is 0.181 e. The Morgan fingerprint density at radius 2 is 2.14 bits per heavy atom. The SMILES string of the molecule is NCC(=O)c1cc(F)c(F)c(Cl)c1O. The molecule has 1 aromatic rings. The summed E-state index contributed by atoms with van der Waals surface area (Å²) in [5, 5.41) is 8.37. The molecule has 0 unspecified atom stereocenters. The second kappa shape index (κ2) is 3.89. The van der Waals surface area contributed by atoms with Crippen molar-refractivity contribution in [2.45, 2.75) is 0 Å². The number of hydrogen-bond acceptors (Lipinski definition) is 3. The van der Waals surface area contributed by atoms with E-state index in [9.17, 15) is 18.7 Å². The van der Waals surface area contributed by atoms with Gasteiger partial charge in [0.05, 0.1) is 12.1 Å². The minimum absolute atomic E-state index is 0.420. The van der Waals surface area contributed by atoms with Crippen LogP contribution < -0.4 is 5.73 Å². The fourth-order valence-electron chi connectivity index (χ4n) is 0.908. The Kier molecular flexibility index (Phi) is 3.03. The molecule has 0 amide bonds. The number of nitrogens with two attached hydrogens (primary N) is 1. The molecular formula is C8H6ClF2NO2. The van der Waals surface area contributed by atoms with Crippen LogP contribution in [-0.4, -0.2) is 17.4 Å². The van der Waals surface area contributed by atoms with Crippen LogP contribution in [0, 0.1) is 11.6 Å². The molecule has 3 nitrogen and oxygen atoms in total. The van der Waals surface area contributed by atoms with E-state index in [4.69, 9.17) is 17.3 Å². The van der Waals surface area contributed by atoms with Crippen molar-refractivity contribution in [1.82, 2.24) is 0 Å². The monoisotopic (exact) mass is 221 g/mol. The highest BCUT2D eigenvalue weighted by atomic mass is 35.5. The third-order valence-corrected chi connectivity index (χ3v) is 1.97. The van der Waals surface area contributed by atoms with Gasteiger partial charge >= 0.3 is 0 Å². The van der Waals surface area contributed by atoms with Gasteiger partial charge in [0.2, 0.25) is 0 Å². The van der Waals surface area contributed by atoms with E-state index in [1.165, 1.54) is 0 Å². The van der Waals surface area contributed by atoms with Crippen molar-refractivity contribution < 1.29 is 18.7 Å². The lowest BCUT2D eigenvalue weighted by Crippen LogP contribution is -2.14. The molecule has 1 aromatic carbocycles. The number of halogens is 3. The molecule has 0 saturated carbocycles. The van der Waals surface area contributed by atoms with Crippen molar-refractivity contribution in [3.63, 3.8) is 0 Å². The van der Waals surface area contributed by atoms with Gasteiger partial charge in [-0.3, -0.25) is 4.79 Å². The van der Waals surface area contributed by atoms with Crippen LogP contribution in [0.1, 0.15) is 10.4 Å². The second-order valence-corrected chi connectivity index (χ2v) is 2.89. The zero-order valence-electron chi connectivity index (χ0n) is 6.85. The van der Waals surface area contributed by atoms with E-state index >= 15 is 0 Å². The topological polar surface area (TPSA) is 63.3 Å². The van der Waals surface area contributed by atoms with Gasteiger partial charge in [-0.25, -0.2) is 8.78 Å². The van der Waals surface area contributed by atoms with Gasteiger partial charge in [0.25, 0.3) is 0 Å². The minimum Gasteiger partial charge on any atom is -0.506 e. The molecule has 0 fully saturated rings. The number of ketones is 1. The molecule has 0 aromatic heterocycles. The van der Waals surface area contributed by atoms with Crippen molar-refractivity contribution >= 4 is 17.4 Å². The summed E-state index contributed by atoms with van der Waals surface area (Å²) >= 11 is 5.23. The van der Waals surface area contributed by atoms with Crippen LogP contribution in [0.3, 0.4) is 0 Å². The summed E-state index contributed by atoms with van der Waals surface area (Å²) in [7, 11) is 0. The highest BCUT2D eigenvalue weighted by Gasteiger charge is 2.19. The summed E-state index contributed by atoms with van der Waals surface area (Å²) in [6, 6.07) is 0.561. The predicted octanol–water partition coefficient (Wildman–Crippen LogP) is 1.47. The van der Waals surface area contributed by atoms with Crippen molar-refractivity contribution in [3.8, 4) is 5.75 Å². The molecule has 0 aliphatic carbocycles. The molecule has 6 heteroatoms. The van der Waals surface area contributed by atoms with Crippen molar-refractivity contribution in [2.24, 2.45) is 5.73 Å². The number of phenols is 1. The summed E-state index contributed by atoms with van der Waals surface area (Å²) < 4.78 is 25.5. The molecule has 1 rings (SSSR count). The summed E-state index contributed by atoms with van der Waals surface area (Å²) in [6.45, 7) is -0.422. The van der Waals surface area contributed by atoms with Crippen LogP contribution >= 0.6 is 11.6 Å². The molecule has 0 aliphatic rings. The average Bonchev–Trinajstić information content (AvgIpc) is 2.19. The van der Waals surface area contributed by atoms with Crippen LogP contribution in [0.25, 0.3) is 0 Å². The van der Waals surface area contributed by atoms with Crippen LogP contribution in [0.2, 0.25) is 5.02 Å². The number of Topliss-reactive ketones (excluding diaryl/α,β-unsaturated/α-hetero) is 1. The van der Waals surface area contributed by atoms with Crippen LogP contribution in [0.5, 0.6) is 5.75 Å². The molecule has 0 saturated heterocycles. The van der Waals surface area contributed by atoms with Crippen LogP contribution in [0.15, 0.2) is 6.07 Å². The summed E-state index contributed by atoms with van der Waals surface area (Å²) in [5.74, 6) is -4.20. The Bertz CT molecular complexity index is 395. The molecule has 0 radical (unpaired) electrons. The third kappa shape index (κ3) is 1.69. The van der Waals surface area contributed by atoms with Gasteiger partial charge in [-0.05, 0) is 6.07 Å². The number of aromatic hydroxyl groups is 1. The molecule has 0 aliphatic heterocycles. The van der Waals surface area contributed by atoms with E-state index in [2.05, 4.69) is 0 Å². The molecule has 3 N–H and O–H groups in total. The van der Waals surface area contributed by atoms with Gasteiger partial charge in [-0.1, -0.05) is 11.6 Å². The molecule has 0 spiro atoms. The number of phenolic OH excluding ortho intramolecular Hbond substituents is 1. The Balaban J connectivity index is 3.40. The number of hydrogen-bond donors (Lipinski definition) is 2. The molecule has 0 heterocycles. The summed E-state index contributed by atoms with van der Waals surface area (Å²) in [6.07, 6.45) is 0. The maximum absolute atomic E-state index is 12.8. The zero-order chi connectivity index (χ0) is 10.9. The van der Waals surface area contributed by atoms with Gasteiger partial charge in [-0.15, -0.1) is 0 Å². The van der Waals surface area contributed by atoms with Crippen molar-refractivity contribution in [1.29, 1.82) is 0 Å². The lowest BCUT2D eigenvalue weighted by Gasteiger charge is -2.05. The number of carbonyl (C=O) groups excluding carboxylic acids is 1. The van der Waals surface area contributed by atoms with E-state index in [0.717, 1.165) is 0 Å². The number of rotatable bonds is 2. The first-order valence-corrected chi connectivity index (χ1v) is 3.96. The normalized spacial score (nSPS) is 10.3. The lowest BCUT2D eigenvalue weighted by molar-refractivity contribution is 0.0998. The van der Waals surface area contributed by atoms with Gasteiger partial charge < -0.3 is 10.8 Å². The largest absolute Gasteiger partial charge is 0.506 e. The van der Waals surface area contributed by atoms with Gasteiger partial charge in [0.1, 0.15) is 10.8 Å². The van der Waals surface area contributed by atoms with E-state index in [0.29, 0.717) is 6.07 Å². The van der Waals surface area contributed by atoms with E-state index < -0.39 is 40.3 Å². The standard InChI is InChI=1S/C8H6ClF2NO2/c9-6-7(11)4(10)1-3(8(6)14)5(13)2-12/h1,14H,2,12H2. The smallest absolute Gasteiger partial charge is 0.181 e. The van der Waals surface area contributed by atoms with Crippen LogP contribution in [-0.2, 0) is 0 Å². The molecular weight excluding hydrogens is 216 g/mol. The fraction of sp³-hybridized carbons (Fsp3) is 0.125. The quantitative estimate of drug-likeness (QED) is 0.587. The zero-order valence-corrected chi connectivity index (χ0v) is 7.61. The van der Waals surface area contributed by atoms with Crippen LogP contribution in [0.4, 0.5) is 8.78 Å². The number of carbonyl (C=O) groups is 1. The molecule has 76 valence electrons. The van der Waals surface area contributed by atoms with Crippen molar-refractivity contribution in [3.05, 3.63) is 28.3 Å². The maximum atomic E-state index is 12.8. The highest BCUT2D eigenvalue weighted by Crippen LogP contribution is 2.31. The Morgan fingerprint density at radius 3 is 2.64 bits per heavy atom. The Morgan fingerprint density at radius 1 is 1.57 bits per heavy atom. The first kappa shape index (κ1) is 10.9. The van der Waals surface area contributed by atoms with Gasteiger partial charge in [0.15, 0.2) is 17.4 Å². The molecule has 0 bridgehead atoms. The van der Waals surface area contributed by atoms with E-state index in [1.807, 2.05) is 0 Å². The fourth-order valence-corrected chi connectivity index (χ4v) is 1.10. The van der Waals surface area contributed by atoms with Gasteiger partial charge in [-0.2, -0.15) is 0 Å². The van der Waals surface area contributed by atoms with Gasteiger partial charge in [0, 0.05) is 0 Å². The first-order valence-electron chi connectivity index (χ1n) is 3.58. The molecule has 14 heavy (non-hydrogen) atoms. The predicted molar refractivity (Wildman–Crippen MR) is 46.4 cm³/mol. The highest BCUT2D eigenvalue weighted by molar-refractivity contribution is 6.32. The second-order valence-electron chi connectivity index (χ2n) is 2.51. The number of benzene rings is 1. The first-order chi connectivity index (χ1) is 6.49. The minimum atomic E-state index is -1.39. The third-order valence-electron chi connectivity index (χ3n) is 1.62. The summed E-state index contributed by atoms with van der Waals surface area (Å²) in [4.78, 5) is 11.0. The molecule has 0 atom stereocenters. The van der Waals surface area contributed by atoms with Crippen molar-refractivity contribution in [2.75, 3.05) is 6.54 Å². The Hall–Kier alpha value is -1.20. The average molecular weight is 222 g/mol. The van der Waals surface area contributed by atoms with E-state index in [-0.39, 0.29) is 0 Å². The summed E-state index contributed by atoms with van der Waals surface area (Å²) in [5.41, 5.74) is 4.57. The van der Waals surface area contributed by atoms with E-state index in [1.54, 1.807) is 0 Å². The lowest BCUT2D eigenvalue weighted by atomic mass is 10.1.